The Balaban J connectivity index is 1.64. The Labute approximate surface area is 231 Å². The van der Waals surface area contributed by atoms with Crippen molar-refractivity contribution in [2.75, 3.05) is 24.6 Å². The molecule has 4 aromatic rings. The molecule has 4 heterocycles. The maximum atomic E-state index is 14.2. The zero-order valence-electron chi connectivity index (χ0n) is 22.5. The summed E-state index contributed by atoms with van der Waals surface area (Å²) in [6.07, 6.45) is 4.22. The molecule has 0 bridgehead atoms. The standard InChI is InChI=1S/C31H31F3N4O2/c1-3-23-19-24(11-16-36-23)37-17-12-22(13-18-37)29-28(30(39)40-4-2)25(21-9-14-35-15-10-21)20-38(29)27-8-6-5-7-26(27)31(32,33)34/h5-11,14-16,19-20,22H,3-4,12-13,17-18H2,1-2H3. The third-order valence-electron chi connectivity index (χ3n) is 7.39. The number of rotatable bonds is 7. The normalized spacial score (nSPS) is 14.4. The van der Waals surface area contributed by atoms with Crippen molar-refractivity contribution in [3.63, 3.8) is 0 Å². The van der Waals surface area contributed by atoms with E-state index in [2.05, 4.69) is 27.9 Å². The molecule has 0 N–H and O–H groups in total. The number of nitrogens with zero attached hydrogens (tertiary/aromatic N) is 4. The zero-order valence-corrected chi connectivity index (χ0v) is 22.5. The average Bonchev–Trinajstić information content (AvgIpc) is 3.38. The molecule has 0 aliphatic carbocycles. The minimum atomic E-state index is -4.57. The molecule has 0 spiro atoms. The fourth-order valence-electron chi connectivity index (χ4n) is 5.48. The van der Waals surface area contributed by atoms with E-state index in [1.807, 2.05) is 6.07 Å². The van der Waals surface area contributed by atoms with Crippen LogP contribution in [0.2, 0.25) is 0 Å². The number of hydrogen-bond donors (Lipinski definition) is 0. The minimum Gasteiger partial charge on any atom is -0.462 e. The predicted molar refractivity (Wildman–Crippen MR) is 148 cm³/mol. The van der Waals surface area contributed by atoms with Gasteiger partial charge in [-0.3, -0.25) is 9.97 Å². The summed E-state index contributed by atoms with van der Waals surface area (Å²) in [4.78, 5) is 24.2. The zero-order chi connectivity index (χ0) is 28.3. The highest BCUT2D eigenvalue weighted by Gasteiger charge is 2.37. The predicted octanol–water partition coefficient (Wildman–Crippen LogP) is 7.08. The quantitative estimate of drug-likeness (QED) is 0.231. The number of anilines is 1. The number of hydrogen-bond acceptors (Lipinski definition) is 5. The van der Waals surface area contributed by atoms with Crippen LogP contribution in [0.1, 0.15) is 59.9 Å². The van der Waals surface area contributed by atoms with Crippen LogP contribution < -0.4 is 4.90 Å². The summed E-state index contributed by atoms with van der Waals surface area (Å²) in [7, 11) is 0. The Morgan fingerprint density at radius 3 is 2.42 bits per heavy atom. The molecule has 5 rings (SSSR count). The van der Waals surface area contributed by atoms with Crippen molar-refractivity contribution in [3.05, 3.63) is 95.8 Å². The van der Waals surface area contributed by atoms with E-state index in [0.717, 1.165) is 23.9 Å². The van der Waals surface area contributed by atoms with Crippen molar-refractivity contribution < 1.29 is 22.7 Å². The molecule has 1 saturated heterocycles. The maximum absolute atomic E-state index is 14.2. The molecule has 1 aliphatic heterocycles. The van der Waals surface area contributed by atoms with Crippen molar-refractivity contribution in [1.29, 1.82) is 0 Å². The van der Waals surface area contributed by atoms with Crippen molar-refractivity contribution in [2.45, 2.75) is 45.2 Å². The van der Waals surface area contributed by atoms with E-state index in [1.54, 1.807) is 54.5 Å². The van der Waals surface area contributed by atoms with Crippen LogP contribution in [0.5, 0.6) is 0 Å². The summed E-state index contributed by atoms with van der Waals surface area (Å²) < 4.78 is 49.6. The second-order valence-corrected chi connectivity index (χ2v) is 9.76. The van der Waals surface area contributed by atoms with Crippen LogP contribution in [0.25, 0.3) is 16.8 Å². The van der Waals surface area contributed by atoms with E-state index in [1.165, 1.54) is 12.1 Å². The van der Waals surface area contributed by atoms with E-state index in [9.17, 15) is 18.0 Å². The number of piperidine rings is 1. The lowest BCUT2D eigenvalue weighted by Gasteiger charge is -2.34. The van der Waals surface area contributed by atoms with Crippen LogP contribution in [0.15, 0.2) is 73.3 Å². The highest BCUT2D eigenvalue weighted by Crippen LogP contribution is 2.42. The number of carbonyl (C=O) groups is 1. The van der Waals surface area contributed by atoms with Gasteiger partial charge in [-0.15, -0.1) is 0 Å². The second-order valence-electron chi connectivity index (χ2n) is 9.76. The van der Waals surface area contributed by atoms with Crippen LogP contribution in [0.3, 0.4) is 0 Å². The first-order chi connectivity index (χ1) is 19.3. The molecule has 0 saturated carbocycles. The number of aromatic nitrogens is 3. The smallest absolute Gasteiger partial charge is 0.418 e. The number of halogens is 3. The summed E-state index contributed by atoms with van der Waals surface area (Å²) in [5.41, 5.74) is 3.37. The van der Waals surface area contributed by atoms with E-state index in [4.69, 9.17) is 4.74 Å². The summed E-state index contributed by atoms with van der Waals surface area (Å²) in [5.74, 6) is -0.711. The molecule has 3 aromatic heterocycles. The number of aryl methyl sites for hydroxylation is 1. The van der Waals surface area contributed by atoms with Gasteiger partial charge in [0, 0.05) is 66.4 Å². The molecule has 1 aliphatic rings. The van der Waals surface area contributed by atoms with E-state index < -0.39 is 17.7 Å². The number of alkyl halides is 3. The van der Waals surface area contributed by atoms with Gasteiger partial charge < -0.3 is 14.2 Å². The van der Waals surface area contributed by atoms with Gasteiger partial charge in [-0.1, -0.05) is 19.1 Å². The monoisotopic (exact) mass is 548 g/mol. The molecule has 208 valence electrons. The number of para-hydroxylation sites is 1. The maximum Gasteiger partial charge on any atom is 0.418 e. The first-order valence-corrected chi connectivity index (χ1v) is 13.5. The molecule has 0 atom stereocenters. The molecule has 1 fully saturated rings. The lowest BCUT2D eigenvalue weighted by Crippen LogP contribution is -2.34. The highest BCUT2D eigenvalue weighted by molar-refractivity contribution is 5.99. The van der Waals surface area contributed by atoms with Crippen molar-refractivity contribution in [1.82, 2.24) is 14.5 Å². The number of ether oxygens (including phenoxy) is 1. The van der Waals surface area contributed by atoms with Gasteiger partial charge in [-0.2, -0.15) is 13.2 Å². The van der Waals surface area contributed by atoms with Gasteiger partial charge in [0.15, 0.2) is 0 Å². The lowest BCUT2D eigenvalue weighted by molar-refractivity contribution is -0.137. The van der Waals surface area contributed by atoms with Gasteiger partial charge in [0.2, 0.25) is 0 Å². The summed E-state index contributed by atoms with van der Waals surface area (Å²) >= 11 is 0. The molecule has 1 aromatic carbocycles. The van der Waals surface area contributed by atoms with E-state index >= 15 is 0 Å². The molecular weight excluding hydrogens is 517 g/mol. The summed E-state index contributed by atoms with van der Waals surface area (Å²) in [5, 5.41) is 0. The Kier molecular flexibility index (Phi) is 7.91. The Bertz CT molecular complexity index is 1480. The number of carbonyl (C=O) groups excluding carboxylic acids is 1. The molecule has 0 radical (unpaired) electrons. The first kappa shape index (κ1) is 27.4. The third-order valence-corrected chi connectivity index (χ3v) is 7.39. The van der Waals surface area contributed by atoms with Gasteiger partial charge in [0.25, 0.3) is 0 Å². The fraction of sp³-hybridized carbons (Fsp3) is 0.323. The Morgan fingerprint density at radius 1 is 1.02 bits per heavy atom. The molecular formula is C31H31F3N4O2. The summed E-state index contributed by atoms with van der Waals surface area (Å²) in [6.45, 7) is 5.31. The van der Waals surface area contributed by atoms with E-state index in [0.29, 0.717) is 48.3 Å². The second kappa shape index (κ2) is 11.5. The Hall–Kier alpha value is -4.14. The molecule has 6 nitrogen and oxygen atoms in total. The van der Waals surface area contributed by atoms with E-state index in [-0.39, 0.29) is 18.2 Å². The van der Waals surface area contributed by atoms with Crippen LogP contribution in [-0.2, 0) is 17.3 Å². The number of pyridine rings is 2. The average molecular weight is 549 g/mol. The van der Waals surface area contributed by atoms with Crippen LogP contribution in [0, 0.1) is 0 Å². The van der Waals surface area contributed by atoms with Crippen molar-refractivity contribution >= 4 is 11.7 Å². The fourth-order valence-corrected chi connectivity index (χ4v) is 5.48. The number of esters is 1. The largest absolute Gasteiger partial charge is 0.462 e. The van der Waals surface area contributed by atoms with Crippen LogP contribution in [0.4, 0.5) is 18.9 Å². The van der Waals surface area contributed by atoms with Crippen molar-refractivity contribution in [2.24, 2.45) is 0 Å². The first-order valence-electron chi connectivity index (χ1n) is 13.5. The molecule has 40 heavy (non-hydrogen) atoms. The van der Waals surface area contributed by atoms with Crippen LogP contribution >= 0.6 is 0 Å². The van der Waals surface area contributed by atoms with Gasteiger partial charge in [-0.05, 0) is 68.1 Å². The van der Waals surface area contributed by atoms with Crippen molar-refractivity contribution in [3.8, 4) is 16.8 Å². The lowest BCUT2D eigenvalue weighted by atomic mass is 9.89. The van der Waals surface area contributed by atoms with Crippen LogP contribution in [-0.4, -0.2) is 40.2 Å². The highest BCUT2D eigenvalue weighted by atomic mass is 19.4. The minimum absolute atomic E-state index is 0.0139. The third kappa shape index (κ3) is 5.46. The SMILES string of the molecule is CCOC(=O)c1c(-c2ccncc2)cn(-c2ccccc2C(F)(F)F)c1C1CCN(c2ccnc(CC)c2)CC1. The van der Waals surface area contributed by atoms with Gasteiger partial charge in [0.05, 0.1) is 23.4 Å². The van der Waals surface area contributed by atoms with Gasteiger partial charge >= 0.3 is 12.1 Å². The number of benzene rings is 1. The molecule has 9 heteroatoms. The topological polar surface area (TPSA) is 60.2 Å². The van der Waals surface area contributed by atoms with Gasteiger partial charge in [0.1, 0.15) is 0 Å². The Morgan fingerprint density at radius 2 is 1.75 bits per heavy atom. The summed E-state index contributed by atoms with van der Waals surface area (Å²) in [6, 6.07) is 13.0. The van der Waals surface area contributed by atoms with Gasteiger partial charge in [-0.25, -0.2) is 4.79 Å². The molecule has 0 amide bonds. The molecule has 0 unspecified atom stereocenters.